The Morgan fingerprint density at radius 1 is 1.35 bits per heavy atom. The molecule has 0 amide bonds. The highest BCUT2D eigenvalue weighted by atomic mass is 17.2. The number of allylic oxidation sites excluding steroid dienone is 1. The van der Waals surface area contributed by atoms with Crippen molar-refractivity contribution in [3.8, 4) is 0 Å². The molecule has 2 atom stereocenters. The molecule has 1 N–H and O–H groups in total. The van der Waals surface area contributed by atoms with E-state index in [1.807, 2.05) is 0 Å². The quantitative estimate of drug-likeness (QED) is 0.340. The number of carbonyl (C=O) groups excluding carboxylic acids is 2. The maximum absolute atomic E-state index is 11.5. The SMILES string of the molecule is C=CC(=O)OOC(=O)C1C=CCCC1C(=O)O. The summed E-state index contributed by atoms with van der Waals surface area (Å²) in [6, 6.07) is 0. The second-order valence-corrected chi connectivity index (χ2v) is 3.48. The summed E-state index contributed by atoms with van der Waals surface area (Å²) in [7, 11) is 0. The van der Waals surface area contributed by atoms with Crippen molar-refractivity contribution in [2.24, 2.45) is 11.8 Å². The Labute approximate surface area is 97.4 Å². The van der Waals surface area contributed by atoms with Crippen LogP contribution in [0.2, 0.25) is 0 Å². The van der Waals surface area contributed by atoms with E-state index in [1.165, 1.54) is 6.08 Å². The first-order valence-corrected chi connectivity index (χ1v) is 5.00. The molecule has 17 heavy (non-hydrogen) atoms. The van der Waals surface area contributed by atoms with E-state index in [1.54, 1.807) is 6.08 Å². The average molecular weight is 240 g/mol. The van der Waals surface area contributed by atoms with Crippen molar-refractivity contribution in [2.45, 2.75) is 12.8 Å². The van der Waals surface area contributed by atoms with Crippen LogP contribution in [0.15, 0.2) is 24.8 Å². The van der Waals surface area contributed by atoms with E-state index in [-0.39, 0.29) is 0 Å². The second-order valence-electron chi connectivity index (χ2n) is 3.48. The predicted octanol–water partition coefficient (Wildman–Crippen LogP) is 0.841. The highest BCUT2D eigenvalue weighted by Gasteiger charge is 2.35. The number of carboxylic acids is 1. The van der Waals surface area contributed by atoms with Gasteiger partial charge in [0.25, 0.3) is 0 Å². The molecule has 6 nitrogen and oxygen atoms in total. The normalized spacial score (nSPS) is 22.6. The molecule has 6 heteroatoms. The van der Waals surface area contributed by atoms with Gasteiger partial charge in [-0.25, -0.2) is 19.4 Å². The van der Waals surface area contributed by atoms with E-state index in [0.717, 1.165) is 6.08 Å². The Morgan fingerprint density at radius 2 is 2.06 bits per heavy atom. The fourth-order valence-electron chi connectivity index (χ4n) is 1.52. The van der Waals surface area contributed by atoms with Crippen molar-refractivity contribution in [2.75, 3.05) is 0 Å². The van der Waals surface area contributed by atoms with E-state index in [0.29, 0.717) is 12.8 Å². The summed E-state index contributed by atoms with van der Waals surface area (Å²) in [5, 5.41) is 8.92. The maximum Gasteiger partial charge on any atom is 0.378 e. The van der Waals surface area contributed by atoms with Gasteiger partial charge < -0.3 is 5.11 Å². The van der Waals surface area contributed by atoms with Crippen LogP contribution in [-0.2, 0) is 24.2 Å². The van der Waals surface area contributed by atoms with Gasteiger partial charge in [-0.1, -0.05) is 18.7 Å². The van der Waals surface area contributed by atoms with E-state index in [2.05, 4.69) is 16.4 Å². The summed E-state index contributed by atoms with van der Waals surface area (Å²) in [6.45, 7) is 3.12. The summed E-state index contributed by atoms with van der Waals surface area (Å²) >= 11 is 0. The molecule has 1 aliphatic rings. The molecule has 0 heterocycles. The summed E-state index contributed by atoms with van der Waals surface area (Å²) in [4.78, 5) is 41.4. The lowest BCUT2D eigenvalue weighted by Crippen LogP contribution is -2.32. The van der Waals surface area contributed by atoms with E-state index in [9.17, 15) is 14.4 Å². The second kappa shape index (κ2) is 5.83. The van der Waals surface area contributed by atoms with Gasteiger partial charge in [-0.15, -0.1) is 0 Å². The minimum absolute atomic E-state index is 0.348. The molecule has 0 aromatic heterocycles. The molecule has 0 aliphatic heterocycles. The number of hydrogen-bond acceptors (Lipinski definition) is 5. The van der Waals surface area contributed by atoms with Gasteiger partial charge in [-0.2, -0.15) is 0 Å². The van der Waals surface area contributed by atoms with Gasteiger partial charge >= 0.3 is 17.9 Å². The zero-order valence-electron chi connectivity index (χ0n) is 9.00. The Hall–Kier alpha value is -2.11. The number of aliphatic carboxylic acids is 1. The van der Waals surface area contributed by atoms with Crippen LogP contribution >= 0.6 is 0 Å². The van der Waals surface area contributed by atoms with Crippen molar-refractivity contribution in [1.82, 2.24) is 0 Å². The van der Waals surface area contributed by atoms with Gasteiger partial charge in [0, 0.05) is 6.08 Å². The lowest BCUT2D eigenvalue weighted by Gasteiger charge is -2.21. The third-order valence-corrected chi connectivity index (χ3v) is 2.38. The Bertz CT molecular complexity index is 370. The van der Waals surface area contributed by atoms with E-state index in [4.69, 9.17) is 5.11 Å². The van der Waals surface area contributed by atoms with Gasteiger partial charge in [-0.3, -0.25) is 4.79 Å². The lowest BCUT2D eigenvalue weighted by molar-refractivity contribution is -0.258. The average Bonchev–Trinajstić information content (AvgIpc) is 2.35. The van der Waals surface area contributed by atoms with Crippen LogP contribution in [0, 0.1) is 11.8 Å². The van der Waals surface area contributed by atoms with Crippen molar-refractivity contribution < 1.29 is 29.3 Å². The van der Waals surface area contributed by atoms with Gasteiger partial charge in [-0.05, 0) is 12.8 Å². The maximum atomic E-state index is 11.5. The predicted molar refractivity (Wildman–Crippen MR) is 55.4 cm³/mol. The lowest BCUT2D eigenvalue weighted by atomic mass is 9.84. The fraction of sp³-hybridized carbons (Fsp3) is 0.364. The van der Waals surface area contributed by atoms with Gasteiger partial charge in [0.1, 0.15) is 0 Å². The topological polar surface area (TPSA) is 89.9 Å². The van der Waals surface area contributed by atoms with Gasteiger partial charge in [0.05, 0.1) is 11.8 Å². The Morgan fingerprint density at radius 3 is 2.65 bits per heavy atom. The summed E-state index contributed by atoms with van der Waals surface area (Å²) in [6.07, 6.45) is 4.92. The minimum atomic E-state index is -1.08. The highest BCUT2D eigenvalue weighted by Crippen LogP contribution is 2.26. The van der Waals surface area contributed by atoms with Gasteiger partial charge in [0.15, 0.2) is 0 Å². The standard InChI is InChI=1S/C11H12O6/c1-2-9(12)16-17-11(15)8-6-4-3-5-7(8)10(13)14/h2,4,6-8H,1,3,5H2,(H,13,14). The zero-order valence-corrected chi connectivity index (χ0v) is 9.00. The number of carbonyl (C=O) groups is 3. The molecule has 92 valence electrons. The molecule has 0 aromatic carbocycles. The largest absolute Gasteiger partial charge is 0.481 e. The van der Waals surface area contributed by atoms with Crippen LogP contribution in [0.4, 0.5) is 0 Å². The monoisotopic (exact) mass is 240 g/mol. The van der Waals surface area contributed by atoms with Crippen LogP contribution in [0.3, 0.4) is 0 Å². The molecule has 0 radical (unpaired) electrons. The third kappa shape index (κ3) is 3.44. The first-order chi connectivity index (χ1) is 8.06. The van der Waals surface area contributed by atoms with Crippen molar-refractivity contribution in [1.29, 1.82) is 0 Å². The van der Waals surface area contributed by atoms with Crippen molar-refractivity contribution in [3.05, 3.63) is 24.8 Å². The summed E-state index contributed by atoms with van der Waals surface area (Å²) in [5.74, 6) is -4.67. The Balaban J connectivity index is 2.62. The molecule has 0 bridgehead atoms. The third-order valence-electron chi connectivity index (χ3n) is 2.38. The molecule has 2 unspecified atom stereocenters. The highest BCUT2D eigenvalue weighted by molar-refractivity contribution is 5.84. The summed E-state index contributed by atoms with van der Waals surface area (Å²) in [5.41, 5.74) is 0. The van der Waals surface area contributed by atoms with Crippen LogP contribution in [0.25, 0.3) is 0 Å². The smallest absolute Gasteiger partial charge is 0.378 e. The molecule has 1 aliphatic carbocycles. The molecule has 0 saturated carbocycles. The van der Waals surface area contributed by atoms with E-state index >= 15 is 0 Å². The molecule has 0 fully saturated rings. The van der Waals surface area contributed by atoms with Crippen LogP contribution in [-0.4, -0.2) is 23.0 Å². The first kappa shape index (κ1) is 13.0. The molecule has 1 rings (SSSR count). The summed E-state index contributed by atoms with van der Waals surface area (Å²) < 4.78 is 0. The number of carboxylic acid groups (broad SMARTS) is 1. The number of rotatable bonds is 3. The molecular formula is C11H12O6. The molecule has 0 saturated heterocycles. The van der Waals surface area contributed by atoms with Gasteiger partial charge in [0.2, 0.25) is 0 Å². The minimum Gasteiger partial charge on any atom is -0.481 e. The fourth-order valence-corrected chi connectivity index (χ4v) is 1.52. The first-order valence-electron chi connectivity index (χ1n) is 5.00. The molecule has 0 aromatic rings. The zero-order chi connectivity index (χ0) is 12.8. The Kier molecular flexibility index (Phi) is 4.45. The van der Waals surface area contributed by atoms with Crippen LogP contribution < -0.4 is 0 Å². The van der Waals surface area contributed by atoms with Crippen LogP contribution in [0.1, 0.15) is 12.8 Å². The van der Waals surface area contributed by atoms with Crippen LogP contribution in [0.5, 0.6) is 0 Å². The van der Waals surface area contributed by atoms with Crippen molar-refractivity contribution >= 4 is 17.9 Å². The molecular weight excluding hydrogens is 228 g/mol. The van der Waals surface area contributed by atoms with E-state index < -0.39 is 29.7 Å². The number of hydrogen-bond donors (Lipinski definition) is 1. The van der Waals surface area contributed by atoms with Crippen molar-refractivity contribution in [3.63, 3.8) is 0 Å². The molecule has 0 spiro atoms.